The van der Waals surface area contributed by atoms with Crippen molar-refractivity contribution < 1.29 is 4.39 Å². The second-order valence-electron chi connectivity index (χ2n) is 3.97. The van der Waals surface area contributed by atoms with Gasteiger partial charge in [-0.05, 0) is 25.2 Å². The molecule has 0 aromatic carbocycles. The summed E-state index contributed by atoms with van der Waals surface area (Å²) in [4.78, 5) is 2.23. The van der Waals surface area contributed by atoms with Gasteiger partial charge < -0.3 is 0 Å². The molecule has 2 heteroatoms. The summed E-state index contributed by atoms with van der Waals surface area (Å²) >= 11 is 0. The van der Waals surface area contributed by atoms with Crippen LogP contribution in [0.1, 0.15) is 19.3 Å². The van der Waals surface area contributed by atoms with Crippen molar-refractivity contribution in [2.75, 3.05) is 19.6 Å². The van der Waals surface area contributed by atoms with E-state index in [1.807, 2.05) is 0 Å². The van der Waals surface area contributed by atoms with Gasteiger partial charge >= 0.3 is 0 Å². The van der Waals surface area contributed by atoms with Gasteiger partial charge in [0.05, 0.1) is 0 Å². The fourth-order valence-electron chi connectivity index (χ4n) is 2.04. The van der Waals surface area contributed by atoms with Crippen LogP contribution in [0.2, 0.25) is 0 Å². The SMILES string of the molecule is FC1CN(CC2CC=CCC2)C1. The van der Waals surface area contributed by atoms with Gasteiger partial charge in [-0.15, -0.1) is 0 Å². The van der Waals surface area contributed by atoms with Crippen LogP contribution in [-0.4, -0.2) is 30.7 Å². The molecular formula is C10H16FN. The van der Waals surface area contributed by atoms with Crippen LogP contribution in [-0.2, 0) is 0 Å². The molecule has 1 fully saturated rings. The fourth-order valence-corrected chi connectivity index (χ4v) is 2.04. The van der Waals surface area contributed by atoms with Gasteiger partial charge in [-0.3, -0.25) is 4.90 Å². The second kappa shape index (κ2) is 3.56. The van der Waals surface area contributed by atoms with E-state index in [1.54, 1.807) is 0 Å². The van der Waals surface area contributed by atoms with Crippen molar-refractivity contribution >= 4 is 0 Å². The van der Waals surface area contributed by atoms with Crippen molar-refractivity contribution in [3.63, 3.8) is 0 Å². The van der Waals surface area contributed by atoms with Crippen LogP contribution >= 0.6 is 0 Å². The molecule has 0 bridgehead atoms. The molecule has 0 radical (unpaired) electrons. The number of likely N-dealkylation sites (tertiary alicyclic amines) is 1. The van der Waals surface area contributed by atoms with Crippen molar-refractivity contribution in [2.45, 2.75) is 25.4 Å². The Morgan fingerprint density at radius 3 is 2.75 bits per heavy atom. The number of halogens is 1. The Kier molecular flexibility index (Phi) is 2.45. The van der Waals surface area contributed by atoms with Gasteiger partial charge in [-0.25, -0.2) is 4.39 Å². The predicted octanol–water partition coefficient (Wildman–Crippen LogP) is 2.00. The lowest BCUT2D eigenvalue weighted by atomic mass is 9.93. The molecule has 2 aliphatic rings. The summed E-state index contributed by atoms with van der Waals surface area (Å²) in [6.45, 7) is 2.48. The number of nitrogens with zero attached hydrogens (tertiary/aromatic N) is 1. The van der Waals surface area contributed by atoms with E-state index in [1.165, 1.54) is 19.3 Å². The lowest BCUT2D eigenvalue weighted by Gasteiger charge is -2.37. The third-order valence-corrected chi connectivity index (χ3v) is 2.81. The third kappa shape index (κ3) is 1.86. The molecule has 68 valence electrons. The van der Waals surface area contributed by atoms with E-state index in [4.69, 9.17) is 0 Å². The van der Waals surface area contributed by atoms with Crippen LogP contribution < -0.4 is 0 Å². The first-order valence-electron chi connectivity index (χ1n) is 4.86. The number of hydrogen-bond donors (Lipinski definition) is 0. The van der Waals surface area contributed by atoms with E-state index in [0.717, 1.165) is 12.5 Å². The Hall–Kier alpha value is -0.370. The van der Waals surface area contributed by atoms with Crippen molar-refractivity contribution in [1.29, 1.82) is 0 Å². The van der Waals surface area contributed by atoms with Gasteiger partial charge in [0.15, 0.2) is 0 Å². The highest BCUT2D eigenvalue weighted by Crippen LogP contribution is 2.22. The topological polar surface area (TPSA) is 3.24 Å². The van der Waals surface area contributed by atoms with Crippen molar-refractivity contribution in [3.05, 3.63) is 12.2 Å². The molecule has 1 aliphatic carbocycles. The molecule has 2 rings (SSSR count). The summed E-state index contributed by atoms with van der Waals surface area (Å²) < 4.78 is 12.5. The molecule has 1 aliphatic heterocycles. The molecular weight excluding hydrogens is 153 g/mol. The molecule has 1 nitrogen and oxygen atoms in total. The van der Waals surface area contributed by atoms with Gasteiger partial charge in [0, 0.05) is 19.6 Å². The summed E-state index contributed by atoms with van der Waals surface area (Å²) in [7, 11) is 0. The summed E-state index contributed by atoms with van der Waals surface area (Å²) in [5.41, 5.74) is 0. The molecule has 1 unspecified atom stereocenters. The quantitative estimate of drug-likeness (QED) is 0.571. The average Bonchev–Trinajstić information content (AvgIpc) is 2.04. The number of allylic oxidation sites excluding steroid dienone is 2. The average molecular weight is 169 g/mol. The smallest absolute Gasteiger partial charge is 0.125 e. The Labute approximate surface area is 73.2 Å². The van der Waals surface area contributed by atoms with Gasteiger partial charge in [0.2, 0.25) is 0 Å². The third-order valence-electron chi connectivity index (χ3n) is 2.81. The Morgan fingerprint density at radius 2 is 2.17 bits per heavy atom. The number of rotatable bonds is 2. The fraction of sp³-hybridized carbons (Fsp3) is 0.800. The lowest BCUT2D eigenvalue weighted by Crippen LogP contribution is -2.50. The Balaban J connectivity index is 1.69. The second-order valence-corrected chi connectivity index (χ2v) is 3.97. The first-order valence-corrected chi connectivity index (χ1v) is 4.86. The van der Waals surface area contributed by atoms with Crippen LogP contribution in [0.25, 0.3) is 0 Å². The van der Waals surface area contributed by atoms with E-state index in [-0.39, 0.29) is 0 Å². The molecule has 0 aromatic heterocycles. The van der Waals surface area contributed by atoms with E-state index in [2.05, 4.69) is 17.1 Å². The van der Waals surface area contributed by atoms with E-state index >= 15 is 0 Å². The standard InChI is InChI=1S/C10H16FN/c11-10-7-12(8-10)6-9-4-2-1-3-5-9/h1-2,9-10H,3-8H2. The highest BCUT2D eigenvalue weighted by atomic mass is 19.1. The first kappa shape index (κ1) is 8.24. The van der Waals surface area contributed by atoms with Crippen LogP contribution in [0, 0.1) is 5.92 Å². The first-order chi connectivity index (χ1) is 5.84. The minimum atomic E-state index is -0.538. The maximum Gasteiger partial charge on any atom is 0.125 e. The number of hydrogen-bond acceptors (Lipinski definition) is 1. The zero-order chi connectivity index (χ0) is 8.39. The van der Waals surface area contributed by atoms with Crippen LogP contribution in [0.3, 0.4) is 0 Å². The molecule has 0 aromatic rings. The molecule has 0 saturated carbocycles. The molecule has 0 spiro atoms. The van der Waals surface area contributed by atoms with E-state index in [9.17, 15) is 4.39 Å². The molecule has 12 heavy (non-hydrogen) atoms. The van der Waals surface area contributed by atoms with Crippen LogP contribution in [0.5, 0.6) is 0 Å². The summed E-state index contributed by atoms with van der Waals surface area (Å²) in [5.74, 6) is 0.794. The van der Waals surface area contributed by atoms with E-state index in [0.29, 0.717) is 13.1 Å². The Bertz CT molecular complexity index is 173. The minimum absolute atomic E-state index is 0.538. The van der Waals surface area contributed by atoms with Crippen LogP contribution in [0.15, 0.2) is 12.2 Å². The van der Waals surface area contributed by atoms with Crippen molar-refractivity contribution in [2.24, 2.45) is 5.92 Å². The largest absolute Gasteiger partial charge is 0.297 e. The van der Waals surface area contributed by atoms with Gasteiger partial charge in [-0.1, -0.05) is 12.2 Å². The lowest BCUT2D eigenvalue weighted by molar-refractivity contribution is 0.0503. The Morgan fingerprint density at radius 1 is 1.33 bits per heavy atom. The maximum atomic E-state index is 12.5. The number of alkyl halides is 1. The molecule has 1 saturated heterocycles. The molecule has 0 N–H and O–H groups in total. The van der Waals surface area contributed by atoms with Crippen molar-refractivity contribution in [3.8, 4) is 0 Å². The van der Waals surface area contributed by atoms with Crippen LogP contribution in [0.4, 0.5) is 4.39 Å². The molecule has 1 atom stereocenters. The van der Waals surface area contributed by atoms with Gasteiger partial charge in [0.1, 0.15) is 6.17 Å². The zero-order valence-electron chi connectivity index (χ0n) is 7.38. The predicted molar refractivity (Wildman–Crippen MR) is 47.8 cm³/mol. The maximum absolute atomic E-state index is 12.5. The molecule has 0 amide bonds. The minimum Gasteiger partial charge on any atom is -0.297 e. The normalized spacial score (nSPS) is 31.9. The highest BCUT2D eigenvalue weighted by molar-refractivity contribution is 4.92. The van der Waals surface area contributed by atoms with Gasteiger partial charge in [-0.2, -0.15) is 0 Å². The highest BCUT2D eigenvalue weighted by Gasteiger charge is 2.27. The summed E-state index contributed by atoms with van der Waals surface area (Å²) in [5, 5.41) is 0. The molecule has 1 heterocycles. The summed E-state index contributed by atoms with van der Waals surface area (Å²) in [6.07, 6.45) is 7.70. The zero-order valence-corrected chi connectivity index (χ0v) is 7.38. The monoisotopic (exact) mass is 169 g/mol. The van der Waals surface area contributed by atoms with Gasteiger partial charge in [0.25, 0.3) is 0 Å². The summed E-state index contributed by atoms with van der Waals surface area (Å²) in [6, 6.07) is 0. The van der Waals surface area contributed by atoms with Crippen molar-refractivity contribution in [1.82, 2.24) is 4.90 Å². The van der Waals surface area contributed by atoms with E-state index < -0.39 is 6.17 Å².